The summed E-state index contributed by atoms with van der Waals surface area (Å²) in [6, 6.07) is 5.12. The van der Waals surface area contributed by atoms with Gasteiger partial charge in [-0.3, -0.25) is 0 Å². The average molecular weight is 303 g/mol. The van der Waals surface area contributed by atoms with E-state index in [-0.39, 0.29) is 4.90 Å². The SMILES string of the molecule is Cc1ccc(S(=O)N=C(C(F)(F)F)C(F)(F)F)cc1. The lowest BCUT2D eigenvalue weighted by atomic mass is 10.2. The minimum absolute atomic E-state index is 0.239. The zero-order valence-corrected chi connectivity index (χ0v) is 10.2. The summed E-state index contributed by atoms with van der Waals surface area (Å²) < 4.78 is 86.7. The summed E-state index contributed by atoms with van der Waals surface area (Å²) in [7, 11) is -2.77. The Morgan fingerprint density at radius 3 is 1.79 bits per heavy atom. The number of benzene rings is 1. The minimum atomic E-state index is -5.71. The molecule has 0 bridgehead atoms. The van der Waals surface area contributed by atoms with Crippen LogP contribution in [0.2, 0.25) is 0 Å². The maximum atomic E-state index is 12.2. The quantitative estimate of drug-likeness (QED) is 0.606. The van der Waals surface area contributed by atoms with Crippen molar-refractivity contribution in [1.82, 2.24) is 0 Å². The first kappa shape index (κ1) is 15.7. The van der Waals surface area contributed by atoms with E-state index in [2.05, 4.69) is 4.40 Å². The lowest BCUT2D eigenvalue weighted by Gasteiger charge is -2.12. The number of alkyl halides is 6. The van der Waals surface area contributed by atoms with Crippen molar-refractivity contribution < 1.29 is 30.6 Å². The van der Waals surface area contributed by atoms with Crippen molar-refractivity contribution in [3.05, 3.63) is 29.8 Å². The molecule has 0 fully saturated rings. The van der Waals surface area contributed by atoms with Gasteiger partial charge in [0.25, 0.3) is 0 Å². The van der Waals surface area contributed by atoms with Gasteiger partial charge in [0.1, 0.15) is 0 Å². The molecule has 0 aliphatic rings. The van der Waals surface area contributed by atoms with Crippen LogP contribution in [0.15, 0.2) is 33.6 Å². The summed E-state index contributed by atoms with van der Waals surface area (Å²) in [5, 5.41) is 0. The van der Waals surface area contributed by atoms with Gasteiger partial charge in [-0.1, -0.05) is 17.7 Å². The summed E-state index contributed by atoms with van der Waals surface area (Å²) in [4.78, 5) is -0.239. The molecule has 0 radical (unpaired) electrons. The van der Waals surface area contributed by atoms with Crippen LogP contribution in [0.5, 0.6) is 0 Å². The van der Waals surface area contributed by atoms with Crippen LogP contribution >= 0.6 is 0 Å². The van der Waals surface area contributed by atoms with Gasteiger partial charge in [0.2, 0.25) is 5.71 Å². The molecule has 1 unspecified atom stereocenters. The van der Waals surface area contributed by atoms with Crippen LogP contribution < -0.4 is 0 Å². The molecule has 1 aromatic carbocycles. The molecular formula is C10H7F6NOS. The Hall–Kier alpha value is -1.38. The van der Waals surface area contributed by atoms with E-state index in [1.807, 2.05) is 0 Å². The molecule has 106 valence electrons. The fraction of sp³-hybridized carbons (Fsp3) is 0.300. The summed E-state index contributed by atoms with van der Waals surface area (Å²) in [6.07, 6.45) is -11.4. The Morgan fingerprint density at radius 2 is 1.42 bits per heavy atom. The fourth-order valence-electron chi connectivity index (χ4n) is 1.05. The maximum absolute atomic E-state index is 12.2. The molecule has 1 atom stereocenters. The van der Waals surface area contributed by atoms with E-state index in [1.54, 1.807) is 6.92 Å². The molecule has 0 saturated carbocycles. The third-order valence-electron chi connectivity index (χ3n) is 1.93. The van der Waals surface area contributed by atoms with E-state index >= 15 is 0 Å². The fourth-order valence-corrected chi connectivity index (χ4v) is 1.90. The van der Waals surface area contributed by atoms with Crippen LogP contribution in [0.4, 0.5) is 26.3 Å². The maximum Gasteiger partial charge on any atom is 0.439 e. The first-order valence-electron chi connectivity index (χ1n) is 4.73. The van der Waals surface area contributed by atoms with E-state index in [1.165, 1.54) is 12.1 Å². The van der Waals surface area contributed by atoms with Gasteiger partial charge in [-0.2, -0.15) is 30.7 Å². The molecule has 1 aromatic rings. The van der Waals surface area contributed by atoms with E-state index in [4.69, 9.17) is 0 Å². The Kier molecular flexibility index (Phi) is 4.39. The topological polar surface area (TPSA) is 29.4 Å². The van der Waals surface area contributed by atoms with E-state index in [0.717, 1.165) is 17.7 Å². The van der Waals surface area contributed by atoms with Gasteiger partial charge in [0.05, 0.1) is 4.90 Å². The molecule has 9 heteroatoms. The second-order valence-corrected chi connectivity index (χ2v) is 4.65. The highest BCUT2D eigenvalue weighted by atomic mass is 32.2. The van der Waals surface area contributed by atoms with Gasteiger partial charge in [0.15, 0.2) is 11.0 Å². The van der Waals surface area contributed by atoms with Crippen molar-refractivity contribution in [2.75, 3.05) is 0 Å². The third kappa shape index (κ3) is 4.34. The lowest BCUT2D eigenvalue weighted by Crippen LogP contribution is -2.37. The van der Waals surface area contributed by atoms with Crippen LogP contribution in [0.1, 0.15) is 5.56 Å². The molecule has 0 N–H and O–H groups in total. The van der Waals surface area contributed by atoms with Crippen molar-refractivity contribution >= 4 is 16.7 Å². The Morgan fingerprint density at radius 1 is 1.00 bits per heavy atom. The highest BCUT2D eigenvalue weighted by molar-refractivity contribution is 7.83. The second kappa shape index (κ2) is 5.32. The number of hydrogen-bond donors (Lipinski definition) is 0. The van der Waals surface area contributed by atoms with Crippen LogP contribution in [0.25, 0.3) is 0 Å². The molecule has 0 aromatic heterocycles. The van der Waals surface area contributed by atoms with Gasteiger partial charge in [-0.15, -0.1) is 0 Å². The monoisotopic (exact) mass is 303 g/mol. The number of halogens is 6. The summed E-state index contributed by atoms with van der Waals surface area (Å²) >= 11 is 0. The van der Waals surface area contributed by atoms with Crippen molar-refractivity contribution in [2.24, 2.45) is 4.40 Å². The molecule has 0 amide bonds. The van der Waals surface area contributed by atoms with Crippen LogP contribution in [-0.2, 0) is 11.0 Å². The number of nitrogens with zero attached hydrogens (tertiary/aromatic N) is 1. The number of rotatable bonds is 2. The van der Waals surface area contributed by atoms with E-state index in [9.17, 15) is 30.6 Å². The first-order valence-corrected chi connectivity index (χ1v) is 5.84. The molecule has 19 heavy (non-hydrogen) atoms. The van der Waals surface area contributed by atoms with Gasteiger partial charge in [-0.25, -0.2) is 4.21 Å². The number of aryl methyl sites for hydroxylation is 1. The van der Waals surface area contributed by atoms with Gasteiger partial charge >= 0.3 is 12.4 Å². The van der Waals surface area contributed by atoms with Gasteiger partial charge < -0.3 is 0 Å². The second-order valence-electron chi connectivity index (χ2n) is 3.50. The molecule has 2 nitrogen and oxygen atoms in total. The molecule has 0 heterocycles. The molecule has 0 saturated heterocycles. The van der Waals surface area contributed by atoms with Crippen molar-refractivity contribution in [2.45, 2.75) is 24.2 Å². The average Bonchev–Trinajstić information content (AvgIpc) is 2.23. The van der Waals surface area contributed by atoms with Gasteiger partial charge in [-0.05, 0) is 19.1 Å². The highest BCUT2D eigenvalue weighted by Gasteiger charge is 2.53. The summed E-state index contributed by atoms with van der Waals surface area (Å²) in [5.41, 5.74) is -2.30. The summed E-state index contributed by atoms with van der Waals surface area (Å²) in [6.45, 7) is 1.66. The predicted octanol–water partition coefficient (Wildman–Crippen LogP) is 3.58. The van der Waals surface area contributed by atoms with Crippen LogP contribution in [0.3, 0.4) is 0 Å². The predicted molar refractivity (Wildman–Crippen MR) is 57.1 cm³/mol. The highest BCUT2D eigenvalue weighted by Crippen LogP contribution is 2.31. The Balaban J connectivity index is 3.17. The van der Waals surface area contributed by atoms with Crippen molar-refractivity contribution in [3.8, 4) is 0 Å². The molecule has 0 aliphatic heterocycles. The normalized spacial score (nSPS) is 14.1. The third-order valence-corrected chi connectivity index (χ3v) is 2.96. The zero-order valence-electron chi connectivity index (χ0n) is 9.34. The van der Waals surface area contributed by atoms with E-state index < -0.39 is 29.0 Å². The van der Waals surface area contributed by atoms with Crippen LogP contribution in [-0.4, -0.2) is 22.3 Å². The smallest absolute Gasteiger partial charge is 0.229 e. The first-order chi connectivity index (χ1) is 8.51. The molecular weight excluding hydrogens is 296 g/mol. The number of hydrogen-bond acceptors (Lipinski definition) is 1. The minimum Gasteiger partial charge on any atom is -0.229 e. The summed E-state index contributed by atoms with van der Waals surface area (Å²) in [5.74, 6) is 0. The van der Waals surface area contributed by atoms with E-state index in [0.29, 0.717) is 0 Å². The largest absolute Gasteiger partial charge is 0.439 e. The lowest BCUT2D eigenvalue weighted by molar-refractivity contribution is -0.117. The standard InChI is InChI=1S/C10H7F6NOS/c1-6-2-4-7(5-3-6)19(18)17-8(9(11,12)13)10(14,15)16/h2-5H,1H3. The van der Waals surface area contributed by atoms with Gasteiger partial charge in [0, 0.05) is 0 Å². The van der Waals surface area contributed by atoms with Crippen LogP contribution in [0, 0.1) is 6.92 Å². The zero-order chi connectivity index (χ0) is 14.8. The molecule has 1 rings (SSSR count). The van der Waals surface area contributed by atoms with Crippen molar-refractivity contribution in [3.63, 3.8) is 0 Å². The Bertz CT molecular complexity index is 486. The van der Waals surface area contributed by atoms with Crippen molar-refractivity contribution in [1.29, 1.82) is 0 Å². The molecule has 0 spiro atoms. The Labute approximate surface area is 106 Å². The molecule has 0 aliphatic carbocycles.